The van der Waals surface area contributed by atoms with Gasteiger partial charge in [0.05, 0.1) is 17.1 Å². The van der Waals surface area contributed by atoms with Crippen LogP contribution in [0.5, 0.6) is 0 Å². The Kier molecular flexibility index (Phi) is 5.73. The van der Waals surface area contributed by atoms with Crippen molar-refractivity contribution in [2.45, 2.75) is 18.5 Å². The molecule has 0 spiro atoms. The lowest BCUT2D eigenvalue weighted by molar-refractivity contribution is 0.138. The van der Waals surface area contributed by atoms with Crippen molar-refractivity contribution in [2.75, 3.05) is 7.05 Å². The molecule has 0 aliphatic carbocycles. The molecule has 0 saturated heterocycles. The number of rotatable bonds is 7. The summed E-state index contributed by atoms with van der Waals surface area (Å²) in [5.74, 6) is 0. The highest BCUT2D eigenvalue weighted by atomic mass is 15.2. The van der Waals surface area contributed by atoms with E-state index in [4.69, 9.17) is 9.97 Å². The normalized spacial score (nSPS) is 11.5. The Morgan fingerprint density at radius 1 is 0.655 bits per heavy atom. The number of aromatic nitrogens is 3. The number of nitrogens with zero attached hydrogens (tertiary/aromatic N) is 4. The van der Waals surface area contributed by atoms with E-state index < -0.39 is 5.54 Å². The van der Waals surface area contributed by atoms with Crippen molar-refractivity contribution in [3.05, 3.63) is 126 Å². The first-order valence-electron chi connectivity index (χ1n) is 9.77. The second-order valence-electron chi connectivity index (χ2n) is 7.13. The molecule has 0 fully saturated rings. The van der Waals surface area contributed by atoms with Gasteiger partial charge in [-0.2, -0.15) is 0 Å². The third-order valence-electron chi connectivity index (χ3n) is 5.26. The molecule has 3 aromatic heterocycles. The first kappa shape index (κ1) is 19.0. The molecule has 4 rings (SSSR count). The summed E-state index contributed by atoms with van der Waals surface area (Å²) in [6.45, 7) is 0.681. The van der Waals surface area contributed by atoms with Crippen LogP contribution in [0.4, 0.5) is 0 Å². The lowest BCUT2D eigenvalue weighted by Gasteiger charge is -2.41. The molecule has 0 aliphatic rings. The molecule has 0 saturated carbocycles. The highest BCUT2D eigenvalue weighted by molar-refractivity contribution is 5.34. The van der Waals surface area contributed by atoms with Crippen molar-refractivity contribution in [3.63, 3.8) is 0 Å². The number of hydrogen-bond acceptors (Lipinski definition) is 4. The number of likely N-dealkylation sites (N-methyl/N-ethyl adjacent to an activating group) is 1. The molecule has 0 unspecified atom stereocenters. The van der Waals surface area contributed by atoms with Gasteiger partial charge in [0.15, 0.2) is 0 Å². The minimum absolute atomic E-state index is 0.526. The Bertz CT molecular complexity index is 966. The number of pyridine rings is 3. The lowest BCUT2D eigenvalue weighted by Crippen LogP contribution is -2.47. The van der Waals surface area contributed by atoms with Crippen molar-refractivity contribution >= 4 is 0 Å². The quantitative estimate of drug-likeness (QED) is 0.474. The van der Waals surface area contributed by atoms with E-state index in [0.717, 1.165) is 23.5 Å². The zero-order valence-electron chi connectivity index (χ0n) is 16.5. The zero-order valence-corrected chi connectivity index (χ0v) is 16.5. The summed E-state index contributed by atoms with van der Waals surface area (Å²) in [5, 5.41) is 0. The Hall–Kier alpha value is -3.37. The van der Waals surface area contributed by atoms with E-state index in [1.807, 2.05) is 61.1 Å². The molecular weight excluding hydrogens is 356 g/mol. The predicted octanol–water partition coefficient (Wildman–Crippen LogP) is 4.49. The predicted molar refractivity (Wildman–Crippen MR) is 115 cm³/mol. The molecule has 0 bridgehead atoms. The van der Waals surface area contributed by atoms with Crippen molar-refractivity contribution < 1.29 is 0 Å². The van der Waals surface area contributed by atoms with Crippen molar-refractivity contribution in [1.29, 1.82) is 0 Å². The van der Waals surface area contributed by atoms with Crippen LogP contribution < -0.4 is 0 Å². The Labute approximate surface area is 171 Å². The largest absolute Gasteiger partial charge is 0.284 e. The maximum Gasteiger partial charge on any atom is 0.110 e. The van der Waals surface area contributed by atoms with Gasteiger partial charge in [0.1, 0.15) is 5.54 Å². The van der Waals surface area contributed by atoms with E-state index in [-0.39, 0.29) is 0 Å². The molecule has 0 amide bonds. The van der Waals surface area contributed by atoms with Crippen LogP contribution in [0, 0.1) is 0 Å². The first-order chi connectivity index (χ1) is 14.3. The summed E-state index contributed by atoms with van der Waals surface area (Å²) in [5.41, 5.74) is 3.67. The summed E-state index contributed by atoms with van der Waals surface area (Å²) in [6.07, 6.45) is 6.30. The number of hydrogen-bond donors (Lipinski definition) is 0. The van der Waals surface area contributed by atoms with Gasteiger partial charge in [0, 0.05) is 31.6 Å². The van der Waals surface area contributed by atoms with Crippen LogP contribution in [0.1, 0.15) is 22.6 Å². The third-order valence-corrected chi connectivity index (χ3v) is 5.26. The molecule has 4 heteroatoms. The van der Waals surface area contributed by atoms with Crippen LogP contribution in [-0.4, -0.2) is 26.9 Å². The molecule has 0 aliphatic heterocycles. The fourth-order valence-electron chi connectivity index (χ4n) is 3.81. The van der Waals surface area contributed by atoms with Crippen LogP contribution in [-0.2, 0) is 18.5 Å². The molecule has 0 N–H and O–H groups in total. The van der Waals surface area contributed by atoms with E-state index in [9.17, 15) is 0 Å². The summed E-state index contributed by atoms with van der Waals surface area (Å²) in [4.78, 5) is 16.4. The SMILES string of the molecule is CN(Cc1ccccn1)C(Cc1ccccc1)(c1ccccn1)c1ccccn1. The standard InChI is InChI=1S/C25H24N4/c1-29(20-22-13-5-8-16-26-22)25(23-14-6-9-17-27-23,24-15-7-10-18-28-24)19-21-11-3-2-4-12-21/h2-18H,19-20H2,1H3. The van der Waals surface area contributed by atoms with Gasteiger partial charge in [-0.05, 0) is 49.0 Å². The maximum atomic E-state index is 4.78. The van der Waals surface area contributed by atoms with Gasteiger partial charge in [-0.15, -0.1) is 0 Å². The fourth-order valence-corrected chi connectivity index (χ4v) is 3.81. The van der Waals surface area contributed by atoms with E-state index in [2.05, 4.69) is 59.4 Å². The molecule has 4 aromatic rings. The average molecular weight is 380 g/mol. The molecule has 3 heterocycles. The summed E-state index contributed by atoms with van der Waals surface area (Å²) in [6, 6.07) is 28.7. The van der Waals surface area contributed by atoms with Gasteiger partial charge in [-0.3, -0.25) is 19.9 Å². The van der Waals surface area contributed by atoms with E-state index in [1.54, 1.807) is 0 Å². The Morgan fingerprint density at radius 2 is 1.21 bits per heavy atom. The van der Waals surface area contributed by atoms with Crippen molar-refractivity contribution in [3.8, 4) is 0 Å². The van der Waals surface area contributed by atoms with Crippen LogP contribution >= 0.6 is 0 Å². The molecule has 0 atom stereocenters. The van der Waals surface area contributed by atoms with Gasteiger partial charge in [0.25, 0.3) is 0 Å². The fraction of sp³-hybridized carbons (Fsp3) is 0.160. The van der Waals surface area contributed by atoms with Gasteiger partial charge in [-0.25, -0.2) is 0 Å². The van der Waals surface area contributed by atoms with Gasteiger partial charge in [0.2, 0.25) is 0 Å². The average Bonchev–Trinajstić information content (AvgIpc) is 2.80. The smallest absolute Gasteiger partial charge is 0.110 e. The van der Waals surface area contributed by atoms with E-state index >= 15 is 0 Å². The summed E-state index contributed by atoms with van der Waals surface area (Å²) < 4.78 is 0. The maximum absolute atomic E-state index is 4.78. The van der Waals surface area contributed by atoms with E-state index in [1.165, 1.54) is 5.56 Å². The third kappa shape index (κ3) is 4.08. The van der Waals surface area contributed by atoms with Gasteiger partial charge in [-0.1, -0.05) is 48.5 Å². The second-order valence-corrected chi connectivity index (χ2v) is 7.13. The van der Waals surface area contributed by atoms with Crippen LogP contribution in [0.25, 0.3) is 0 Å². The van der Waals surface area contributed by atoms with Crippen LogP contribution in [0.2, 0.25) is 0 Å². The Balaban J connectivity index is 1.87. The molecule has 0 radical (unpaired) electrons. The Morgan fingerprint density at radius 3 is 1.72 bits per heavy atom. The highest BCUT2D eigenvalue weighted by Gasteiger charge is 2.41. The lowest BCUT2D eigenvalue weighted by atomic mass is 9.81. The minimum atomic E-state index is -0.526. The topological polar surface area (TPSA) is 41.9 Å². The molecule has 4 nitrogen and oxygen atoms in total. The summed E-state index contributed by atoms with van der Waals surface area (Å²) >= 11 is 0. The number of benzene rings is 1. The minimum Gasteiger partial charge on any atom is -0.284 e. The molecular formula is C25H24N4. The van der Waals surface area contributed by atoms with E-state index in [0.29, 0.717) is 6.54 Å². The molecule has 144 valence electrons. The van der Waals surface area contributed by atoms with Crippen LogP contribution in [0.3, 0.4) is 0 Å². The zero-order chi connectivity index (χ0) is 19.9. The van der Waals surface area contributed by atoms with Gasteiger partial charge >= 0.3 is 0 Å². The monoisotopic (exact) mass is 380 g/mol. The highest BCUT2D eigenvalue weighted by Crippen LogP contribution is 2.37. The van der Waals surface area contributed by atoms with Crippen LogP contribution in [0.15, 0.2) is 104 Å². The second kappa shape index (κ2) is 8.76. The molecule has 1 aromatic carbocycles. The molecule has 29 heavy (non-hydrogen) atoms. The van der Waals surface area contributed by atoms with Crippen molar-refractivity contribution in [1.82, 2.24) is 19.9 Å². The van der Waals surface area contributed by atoms with Gasteiger partial charge < -0.3 is 0 Å². The van der Waals surface area contributed by atoms with Crippen molar-refractivity contribution in [2.24, 2.45) is 0 Å². The first-order valence-corrected chi connectivity index (χ1v) is 9.77. The summed E-state index contributed by atoms with van der Waals surface area (Å²) in [7, 11) is 2.13.